The molecule has 1 atom stereocenters. The summed E-state index contributed by atoms with van der Waals surface area (Å²) < 4.78 is 5.38. The number of rotatable bonds is 2. The molecule has 0 radical (unpaired) electrons. The second-order valence-corrected chi connectivity index (χ2v) is 5.68. The van der Waals surface area contributed by atoms with Crippen LogP contribution in [0.15, 0.2) is 27.4 Å². The minimum Gasteiger partial charge on any atom is -0.422 e. The Kier molecular flexibility index (Phi) is 3.51. The van der Waals surface area contributed by atoms with Gasteiger partial charge in [-0.3, -0.25) is 4.79 Å². The van der Waals surface area contributed by atoms with Gasteiger partial charge in [0.15, 0.2) is 6.54 Å². The standard InChI is InChI=1S/C16H18N2O3/c1-10-3-4-13-12(7-15(20)21-16(13)11(10)2)8-18-6-5-17-14(19)9-18/h3-4,7H,5-6,8-9H2,1-2H3,(H,17,19)/p+1. The summed E-state index contributed by atoms with van der Waals surface area (Å²) in [5.41, 5.74) is 3.39. The second kappa shape index (κ2) is 5.33. The molecular weight excluding hydrogens is 268 g/mol. The number of fused-ring (bicyclic) bond motifs is 1. The molecule has 1 aromatic carbocycles. The van der Waals surface area contributed by atoms with Crippen molar-refractivity contribution in [2.45, 2.75) is 20.4 Å². The normalized spacial score (nSPS) is 18.8. The van der Waals surface area contributed by atoms with Gasteiger partial charge in [0.05, 0.1) is 13.1 Å². The Balaban J connectivity index is 2.04. The number of quaternary nitrogens is 1. The van der Waals surface area contributed by atoms with Gasteiger partial charge in [0.25, 0.3) is 5.91 Å². The van der Waals surface area contributed by atoms with Crippen LogP contribution in [-0.4, -0.2) is 25.5 Å². The van der Waals surface area contributed by atoms with E-state index in [1.165, 1.54) is 4.90 Å². The highest BCUT2D eigenvalue weighted by Gasteiger charge is 2.21. The molecule has 0 bridgehead atoms. The van der Waals surface area contributed by atoms with E-state index < -0.39 is 0 Å². The van der Waals surface area contributed by atoms with E-state index in [1.807, 2.05) is 26.0 Å². The van der Waals surface area contributed by atoms with Crippen molar-refractivity contribution in [3.8, 4) is 0 Å². The quantitative estimate of drug-likeness (QED) is 0.760. The SMILES string of the molecule is Cc1ccc2c(C[NH+]3CCNC(=O)C3)cc(=O)oc2c1C. The monoisotopic (exact) mass is 287 g/mol. The lowest BCUT2D eigenvalue weighted by molar-refractivity contribution is -0.907. The average molecular weight is 287 g/mol. The fraction of sp³-hybridized carbons (Fsp3) is 0.375. The number of carbonyl (C=O) groups excluding carboxylic acids is 1. The van der Waals surface area contributed by atoms with Crippen LogP contribution in [0, 0.1) is 13.8 Å². The number of hydrogen-bond donors (Lipinski definition) is 2. The van der Waals surface area contributed by atoms with E-state index in [9.17, 15) is 9.59 Å². The van der Waals surface area contributed by atoms with E-state index in [4.69, 9.17) is 4.42 Å². The fourth-order valence-electron chi connectivity index (χ4n) is 2.85. The van der Waals surface area contributed by atoms with Crippen molar-refractivity contribution in [1.82, 2.24) is 5.32 Å². The second-order valence-electron chi connectivity index (χ2n) is 5.68. The topological polar surface area (TPSA) is 63.8 Å². The third-order valence-corrected chi connectivity index (χ3v) is 4.17. The third kappa shape index (κ3) is 2.69. The smallest absolute Gasteiger partial charge is 0.336 e. The van der Waals surface area contributed by atoms with E-state index in [1.54, 1.807) is 6.07 Å². The predicted molar refractivity (Wildman–Crippen MR) is 79.4 cm³/mol. The largest absolute Gasteiger partial charge is 0.422 e. The summed E-state index contributed by atoms with van der Waals surface area (Å²) in [5.74, 6) is 0.0653. The zero-order valence-corrected chi connectivity index (χ0v) is 12.3. The molecule has 1 aliphatic heterocycles. The third-order valence-electron chi connectivity index (χ3n) is 4.17. The molecule has 2 heterocycles. The molecule has 3 rings (SSSR count). The van der Waals surface area contributed by atoms with Gasteiger partial charge in [-0.2, -0.15) is 0 Å². The minimum atomic E-state index is -0.327. The summed E-state index contributed by atoms with van der Waals surface area (Å²) >= 11 is 0. The summed E-state index contributed by atoms with van der Waals surface area (Å²) in [5, 5.41) is 3.79. The Morgan fingerprint density at radius 2 is 2.10 bits per heavy atom. The van der Waals surface area contributed by atoms with Gasteiger partial charge in [0, 0.05) is 17.0 Å². The molecule has 21 heavy (non-hydrogen) atoms. The van der Waals surface area contributed by atoms with Gasteiger partial charge >= 0.3 is 5.63 Å². The highest BCUT2D eigenvalue weighted by molar-refractivity contribution is 5.83. The first kappa shape index (κ1) is 13.8. The van der Waals surface area contributed by atoms with Gasteiger partial charge in [-0.05, 0) is 25.0 Å². The fourth-order valence-corrected chi connectivity index (χ4v) is 2.85. The first-order chi connectivity index (χ1) is 10.0. The van der Waals surface area contributed by atoms with Crippen molar-refractivity contribution in [3.05, 3.63) is 45.3 Å². The van der Waals surface area contributed by atoms with Crippen LogP contribution < -0.4 is 15.8 Å². The Hall–Kier alpha value is -2.14. The van der Waals surface area contributed by atoms with Crippen molar-refractivity contribution in [1.29, 1.82) is 0 Å². The zero-order valence-electron chi connectivity index (χ0n) is 12.3. The maximum Gasteiger partial charge on any atom is 0.336 e. The number of amides is 1. The molecule has 0 saturated carbocycles. The van der Waals surface area contributed by atoms with Crippen LogP contribution in [-0.2, 0) is 11.3 Å². The van der Waals surface area contributed by atoms with E-state index in [2.05, 4.69) is 5.32 Å². The molecule has 110 valence electrons. The van der Waals surface area contributed by atoms with Gasteiger partial charge in [0.2, 0.25) is 0 Å². The average Bonchev–Trinajstić information content (AvgIpc) is 2.43. The number of hydrogen-bond acceptors (Lipinski definition) is 3. The molecule has 1 aliphatic rings. The highest BCUT2D eigenvalue weighted by atomic mass is 16.4. The number of carbonyl (C=O) groups is 1. The Morgan fingerprint density at radius 1 is 1.29 bits per heavy atom. The van der Waals surface area contributed by atoms with E-state index >= 15 is 0 Å². The van der Waals surface area contributed by atoms with Gasteiger partial charge < -0.3 is 14.6 Å². The molecule has 2 aromatic rings. The summed E-state index contributed by atoms with van der Waals surface area (Å²) in [6, 6.07) is 5.59. The van der Waals surface area contributed by atoms with Crippen LogP contribution in [0.5, 0.6) is 0 Å². The highest BCUT2D eigenvalue weighted by Crippen LogP contribution is 2.22. The van der Waals surface area contributed by atoms with E-state index in [0.717, 1.165) is 28.6 Å². The van der Waals surface area contributed by atoms with Crippen LogP contribution in [0.25, 0.3) is 11.0 Å². The van der Waals surface area contributed by atoms with Crippen molar-refractivity contribution >= 4 is 16.9 Å². The van der Waals surface area contributed by atoms with Crippen molar-refractivity contribution in [2.75, 3.05) is 19.6 Å². The molecule has 1 fully saturated rings. The summed E-state index contributed by atoms with van der Waals surface area (Å²) in [4.78, 5) is 24.5. The maximum atomic E-state index is 11.8. The molecule has 1 amide bonds. The first-order valence-corrected chi connectivity index (χ1v) is 7.18. The van der Waals surface area contributed by atoms with Crippen LogP contribution in [0.2, 0.25) is 0 Å². The summed E-state index contributed by atoms with van der Waals surface area (Å²) in [6.45, 7) is 6.64. The molecule has 5 nitrogen and oxygen atoms in total. The minimum absolute atomic E-state index is 0.0653. The van der Waals surface area contributed by atoms with E-state index in [0.29, 0.717) is 25.2 Å². The number of aryl methyl sites for hydroxylation is 2. The Morgan fingerprint density at radius 3 is 2.86 bits per heavy atom. The molecule has 0 aliphatic carbocycles. The van der Waals surface area contributed by atoms with Gasteiger partial charge in [-0.15, -0.1) is 0 Å². The summed E-state index contributed by atoms with van der Waals surface area (Å²) in [7, 11) is 0. The molecule has 2 N–H and O–H groups in total. The van der Waals surface area contributed by atoms with Crippen LogP contribution >= 0.6 is 0 Å². The summed E-state index contributed by atoms with van der Waals surface area (Å²) in [6.07, 6.45) is 0. The molecule has 0 spiro atoms. The number of nitrogens with one attached hydrogen (secondary N) is 2. The molecule has 5 heteroatoms. The van der Waals surface area contributed by atoms with Gasteiger partial charge in [-0.1, -0.05) is 12.1 Å². The van der Waals surface area contributed by atoms with Crippen molar-refractivity contribution in [2.24, 2.45) is 0 Å². The number of piperazine rings is 1. The molecule has 1 unspecified atom stereocenters. The lowest BCUT2D eigenvalue weighted by atomic mass is 10.0. The van der Waals surface area contributed by atoms with E-state index in [-0.39, 0.29) is 11.5 Å². The van der Waals surface area contributed by atoms with Gasteiger partial charge in [-0.25, -0.2) is 4.79 Å². The molecular formula is C16H19N2O3+. The van der Waals surface area contributed by atoms with Crippen LogP contribution in [0.1, 0.15) is 16.7 Å². The lowest BCUT2D eigenvalue weighted by Gasteiger charge is -2.24. The van der Waals surface area contributed by atoms with Gasteiger partial charge in [0.1, 0.15) is 12.1 Å². The number of benzene rings is 1. The van der Waals surface area contributed by atoms with Crippen molar-refractivity contribution in [3.63, 3.8) is 0 Å². The molecule has 1 aromatic heterocycles. The first-order valence-electron chi connectivity index (χ1n) is 7.18. The zero-order chi connectivity index (χ0) is 15.0. The van der Waals surface area contributed by atoms with Crippen LogP contribution in [0.3, 0.4) is 0 Å². The van der Waals surface area contributed by atoms with Crippen molar-refractivity contribution < 1.29 is 14.1 Å². The molecule has 1 saturated heterocycles. The lowest BCUT2D eigenvalue weighted by Crippen LogP contribution is -3.14. The van der Waals surface area contributed by atoms with Crippen LogP contribution in [0.4, 0.5) is 0 Å². The predicted octanol–water partition coefficient (Wildman–Crippen LogP) is -0.0755. The Labute approximate surface area is 122 Å². The maximum absolute atomic E-state index is 11.8. The Bertz CT molecular complexity index is 764.